The van der Waals surface area contributed by atoms with Crippen molar-refractivity contribution in [1.29, 1.82) is 5.41 Å². The second-order valence-electron chi connectivity index (χ2n) is 4.58. The van der Waals surface area contributed by atoms with Crippen LogP contribution >= 0.6 is 0 Å². The summed E-state index contributed by atoms with van der Waals surface area (Å²) in [5.41, 5.74) is 4.85. The molecule has 0 saturated carbocycles. The van der Waals surface area contributed by atoms with Crippen LogP contribution in [-0.4, -0.2) is 43.1 Å². The maximum Gasteiger partial charge on any atom is 0.373 e. The van der Waals surface area contributed by atoms with Crippen LogP contribution in [-0.2, 0) is 19.1 Å². The number of rotatable bonds is 1. The van der Waals surface area contributed by atoms with Crippen molar-refractivity contribution in [3.05, 3.63) is 0 Å². The first kappa shape index (κ1) is 15.4. The Morgan fingerprint density at radius 3 is 2.47 bits per heavy atom. The minimum absolute atomic E-state index is 0.120. The molecule has 19 heavy (non-hydrogen) atoms. The number of nitrogens with one attached hydrogen (secondary N) is 2. The maximum atomic E-state index is 11.0. The number of carbonyl (C=O) groups is 2. The van der Waals surface area contributed by atoms with Crippen LogP contribution in [0.5, 0.6) is 0 Å². The predicted molar refractivity (Wildman–Crippen MR) is 68.7 cm³/mol. The summed E-state index contributed by atoms with van der Waals surface area (Å²) in [6.45, 7) is 3.53. The van der Waals surface area contributed by atoms with Crippen molar-refractivity contribution in [1.82, 2.24) is 5.32 Å². The quantitative estimate of drug-likeness (QED) is 0.351. The van der Waals surface area contributed by atoms with Crippen LogP contribution in [0.25, 0.3) is 0 Å². The van der Waals surface area contributed by atoms with E-state index in [-0.39, 0.29) is 18.1 Å². The van der Waals surface area contributed by atoms with Gasteiger partial charge in [-0.05, 0) is 26.2 Å². The summed E-state index contributed by atoms with van der Waals surface area (Å²) >= 11 is 0. The standard InChI is InChI=1S/C8H13NO2.C4H8N2O2/c10-7-1-2-8(9-7)3-5-11-6-4-8;1-2-8-4(7)3(5)6/h1-6H2,(H,9,10);2H2,1H3,(H3,5,6). The Morgan fingerprint density at radius 2 is 2.11 bits per heavy atom. The zero-order valence-corrected chi connectivity index (χ0v) is 11.2. The van der Waals surface area contributed by atoms with Gasteiger partial charge < -0.3 is 20.5 Å². The Kier molecular flexibility index (Phi) is 5.75. The third-order valence-corrected chi connectivity index (χ3v) is 3.18. The monoisotopic (exact) mass is 271 g/mol. The van der Waals surface area contributed by atoms with Gasteiger partial charge in [-0.2, -0.15) is 0 Å². The van der Waals surface area contributed by atoms with Crippen LogP contribution < -0.4 is 11.1 Å². The average molecular weight is 271 g/mol. The average Bonchev–Trinajstić information content (AvgIpc) is 2.72. The molecule has 2 heterocycles. The lowest BCUT2D eigenvalue weighted by Gasteiger charge is -2.32. The number of amidine groups is 1. The Labute approximate surface area is 112 Å². The molecule has 1 amide bonds. The van der Waals surface area contributed by atoms with E-state index in [0.717, 1.165) is 32.5 Å². The van der Waals surface area contributed by atoms with Gasteiger partial charge in [0.2, 0.25) is 11.7 Å². The number of hydrogen-bond acceptors (Lipinski definition) is 5. The fraction of sp³-hybridized carbons (Fsp3) is 0.750. The molecule has 2 aliphatic rings. The largest absolute Gasteiger partial charge is 0.460 e. The van der Waals surface area contributed by atoms with Gasteiger partial charge in [-0.15, -0.1) is 0 Å². The summed E-state index contributed by atoms with van der Waals surface area (Å²) in [6.07, 6.45) is 3.71. The van der Waals surface area contributed by atoms with E-state index in [0.29, 0.717) is 6.42 Å². The van der Waals surface area contributed by atoms with Gasteiger partial charge in [-0.25, -0.2) is 4.79 Å². The molecule has 7 nitrogen and oxygen atoms in total. The van der Waals surface area contributed by atoms with E-state index in [9.17, 15) is 9.59 Å². The molecule has 0 atom stereocenters. The molecule has 2 aliphatic heterocycles. The highest BCUT2D eigenvalue weighted by molar-refractivity contribution is 6.33. The molecule has 0 radical (unpaired) electrons. The van der Waals surface area contributed by atoms with Crippen molar-refractivity contribution in [3.8, 4) is 0 Å². The first-order valence-corrected chi connectivity index (χ1v) is 6.39. The molecule has 2 fully saturated rings. The first-order chi connectivity index (χ1) is 8.99. The van der Waals surface area contributed by atoms with Gasteiger partial charge in [-0.1, -0.05) is 0 Å². The molecule has 0 bridgehead atoms. The lowest BCUT2D eigenvalue weighted by molar-refractivity contribution is -0.135. The Morgan fingerprint density at radius 1 is 1.47 bits per heavy atom. The van der Waals surface area contributed by atoms with Gasteiger partial charge in [0.05, 0.1) is 6.61 Å². The fourth-order valence-electron chi connectivity index (χ4n) is 2.12. The van der Waals surface area contributed by atoms with Gasteiger partial charge in [0.25, 0.3) is 0 Å². The molecular weight excluding hydrogens is 250 g/mol. The summed E-state index contributed by atoms with van der Waals surface area (Å²) in [5, 5.41) is 9.56. The van der Waals surface area contributed by atoms with Crippen LogP contribution in [0.15, 0.2) is 0 Å². The molecule has 0 unspecified atom stereocenters. The smallest absolute Gasteiger partial charge is 0.373 e. The molecule has 0 aromatic carbocycles. The number of hydrogen-bond donors (Lipinski definition) is 3. The molecule has 1 spiro atoms. The zero-order chi connectivity index (χ0) is 14.3. The minimum atomic E-state index is -0.757. The van der Waals surface area contributed by atoms with Gasteiger partial charge in [0.1, 0.15) is 0 Å². The number of ether oxygens (including phenoxy) is 2. The molecule has 108 valence electrons. The molecular formula is C12H21N3O4. The molecule has 0 aromatic rings. The summed E-state index contributed by atoms with van der Waals surface area (Å²) in [7, 11) is 0. The Balaban J connectivity index is 0.000000203. The van der Waals surface area contributed by atoms with Crippen molar-refractivity contribution in [2.45, 2.75) is 38.1 Å². The van der Waals surface area contributed by atoms with E-state index >= 15 is 0 Å². The zero-order valence-electron chi connectivity index (χ0n) is 11.2. The predicted octanol–water partition coefficient (Wildman–Crippen LogP) is -0.0689. The van der Waals surface area contributed by atoms with Crippen molar-refractivity contribution in [2.75, 3.05) is 19.8 Å². The Bertz CT molecular complexity index is 351. The van der Waals surface area contributed by atoms with Crippen molar-refractivity contribution >= 4 is 17.7 Å². The third-order valence-electron chi connectivity index (χ3n) is 3.18. The second kappa shape index (κ2) is 7.08. The van der Waals surface area contributed by atoms with E-state index in [1.807, 2.05) is 0 Å². The van der Waals surface area contributed by atoms with Gasteiger partial charge >= 0.3 is 5.97 Å². The van der Waals surface area contributed by atoms with Crippen molar-refractivity contribution in [3.63, 3.8) is 0 Å². The van der Waals surface area contributed by atoms with Crippen LogP contribution in [0, 0.1) is 5.41 Å². The highest BCUT2D eigenvalue weighted by Crippen LogP contribution is 2.29. The number of nitrogens with two attached hydrogens (primary N) is 1. The van der Waals surface area contributed by atoms with Crippen molar-refractivity contribution < 1.29 is 19.1 Å². The minimum Gasteiger partial charge on any atom is -0.460 e. The molecule has 4 N–H and O–H groups in total. The van der Waals surface area contributed by atoms with Crippen LogP contribution in [0.3, 0.4) is 0 Å². The van der Waals surface area contributed by atoms with Gasteiger partial charge in [0.15, 0.2) is 0 Å². The van der Waals surface area contributed by atoms with Crippen LogP contribution in [0.2, 0.25) is 0 Å². The van der Waals surface area contributed by atoms with Gasteiger partial charge in [0, 0.05) is 25.2 Å². The summed E-state index contributed by atoms with van der Waals surface area (Å²) < 4.78 is 9.55. The van der Waals surface area contributed by atoms with E-state index in [1.54, 1.807) is 6.92 Å². The second-order valence-corrected chi connectivity index (χ2v) is 4.58. The lowest BCUT2D eigenvalue weighted by Crippen LogP contribution is -2.45. The molecule has 2 rings (SSSR count). The van der Waals surface area contributed by atoms with Gasteiger partial charge in [-0.3, -0.25) is 10.2 Å². The third kappa shape index (κ3) is 4.86. The highest BCUT2D eigenvalue weighted by Gasteiger charge is 2.38. The summed E-state index contributed by atoms with van der Waals surface area (Å²) in [6, 6.07) is 0. The SMILES string of the molecule is CCOC(=O)C(=N)N.O=C1CCC2(CCOCC2)N1. The molecule has 2 saturated heterocycles. The molecule has 0 aliphatic carbocycles. The topological polar surface area (TPSA) is 115 Å². The number of carbonyl (C=O) groups excluding carboxylic acids is 2. The number of amides is 1. The van der Waals surface area contributed by atoms with E-state index < -0.39 is 11.8 Å². The highest BCUT2D eigenvalue weighted by atomic mass is 16.5. The van der Waals surface area contributed by atoms with Crippen LogP contribution in [0.4, 0.5) is 0 Å². The van der Waals surface area contributed by atoms with E-state index in [1.165, 1.54) is 0 Å². The summed E-state index contributed by atoms with van der Waals surface area (Å²) in [5.74, 6) is -1.09. The lowest BCUT2D eigenvalue weighted by atomic mass is 9.89. The van der Waals surface area contributed by atoms with E-state index in [4.69, 9.17) is 15.9 Å². The first-order valence-electron chi connectivity index (χ1n) is 6.39. The Hall–Kier alpha value is -1.63. The van der Waals surface area contributed by atoms with E-state index in [2.05, 4.69) is 10.1 Å². The fourth-order valence-corrected chi connectivity index (χ4v) is 2.12. The normalized spacial score (nSPS) is 20.2. The summed E-state index contributed by atoms with van der Waals surface area (Å²) in [4.78, 5) is 21.1. The van der Waals surface area contributed by atoms with Crippen LogP contribution in [0.1, 0.15) is 32.6 Å². The number of esters is 1. The van der Waals surface area contributed by atoms with Crippen molar-refractivity contribution in [2.24, 2.45) is 5.73 Å². The molecule has 7 heteroatoms. The maximum absolute atomic E-state index is 11.0. The molecule has 0 aromatic heterocycles.